The quantitative estimate of drug-likeness (QED) is 0.174. The van der Waals surface area contributed by atoms with Crippen molar-refractivity contribution in [3.63, 3.8) is 0 Å². The van der Waals surface area contributed by atoms with Crippen molar-refractivity contribution in [3.8, 4) is 11.5 Å². The highest BCUT2D eigenvalue weighted by Gasteiger charge is 2.27. The topological polar surface area (TPSA) is 91.3 Å². The summed E-state index contributed by atoms with van der Waals surface area (Å²) in [6, 6.07) is 20.4. The minimum absolute atomic E-state index is 0.0341. The smallest absolute Gasteiger partial charge is 0.368 e. The van der Waals surface area contributed by atoms with Crippen LogP contribution < -0.4 is 8.92 Å². The summed E-state index contributed by atoms with van der Waals surface area (Å²) in [5, 5.41) is 3.91. The van der Waals surface area contributed by atoms with Gasteiger partial charge in [-0.1, -0.05) is 53.7 Å². The zero-order valence-electron chi connectivity index (χ0n) is 17.4. The maximum Gasteiger partial charge on any atom is 0.368 e. The molecule has 0 radical (unpaired) electrons. The summed E-state index contributed by atoms with van der Waals surface area (Å²) in [6.07, 6.45) is 1.63. The summed E-state index contributed by atoms with van der Waals surface area (Å²) >= 11 is 1.97. The lowest BCUT2D eigenvalue weighted by molar-refractivity contribution is -0.136. The van der Waals surface area contributed by atoms with Crippen molar-refractivity contribution in [1.82, 2.24) is 0 Å². The van der Waals surface area contributed by atoms with Crippen molar-refractivity contribution < 1.29 is 27.0 Å². The number of hydrogen-bond acceptors (Lipinski definition) is 7. The van der Waals surface area contributed by atoms with Gasteiger partial charge in [0.2, 0.25) is 0 Å². The summed E-state index contributed by atoms with van der Waals surface area (Å²) in [5.41, 5.74) is 2.04. The fourth-order valence-electron chi connectivity index (χ4n) is 3.14. The van der Waals surface area contributed by atoms with E-state index in [0.29, 0.717) is 14.8 Å². The Kier molecular flexibility index (Phi) is 6.80. The van der Waals surface area contributed by atoms with E-state index in [-0.39, 0.29) is 28.6 Å². The van der Waals surface area contributed by atoms with E-state index in [4.69, 9.17) is 13.8 Å². The molecule has 3 aromatic carbocycles. The second kappa shape index (κ2) is 9.75. The zero-order chi connectivity index (χ0) is 23.4. The van der Waals surface area contributed by atoms with E-state index in [0.717, 1.165) is 5.56 Å². The molecule has 1 heterocycles. The zero-order valence-corrected chi connectivity index (χ0v) is 20.4. The number of benzene rings is 3. The Morgan fingerprint density at radius 1 is 1.03 bits per heavy atom. The molecule has 0 amide bonds. The molecule has 0 N–H and O–H groups in total. The third-order valence-electron chi connectivity index (χ3n) is 4.61. The number of oxime groups is 1. The predicted molar refractivity (Wildman–Crippen MR) is 132 cm³/mol. The highest BCUT2D eigenvalue weighted by atomic mass is 127. The summed E-state index contributed by atoms with van der Waals surface area (Å²) in [4.78, 5) is 17.3. The van der Waals surface area contributed by atoms with Crippen molar-refractivity contribution >= 4 is 50.5 Å². The van der Waals surface area contributed by atoms with E-state index in [1.165, 1.54) is 12.1 Å². The van der Waals surface area contributed by atoms with E-state index >= 15 is 0 Å². The molecule has 0 bridgehead atoms. The Labute approximate surface area is 204 Å². The molecule has 1 aliphatic heterocycles. The highest BCUT2D eigenvalue weighted by molar-refractivity contribution is 14.1. The first-order valence-electron chi connectivity index (χ1n) is 9.91. The molecule has 0 unspecified atom stereocenters. The first kappa shape index (κ1) is 23.0. The van der Waals surface area contributed by atoms with Gasteiger partial charge in [-0.15, -0.1) is 0 Å². The number of carbonyl (C=O) groups is 1. The van der Waals surface area contributed by atoms with Crippen molar-refractivity contribution in [3.05, 3.63) is 93.1 Å². The molecule has 168 valence electrons. The lowest BCUT2D eigenvalue weighted by atomic mass is 10.0. The molecule has 0 saturated carbocycles. The van der Waals surface area contributed by atoms with E-state index in [1.807, 2.05) is 52.9 Å². The third kappa shape index (κ3) is 5.09. The molecule has 0 aliphatic carbocycles. The van der Waals surface area contributed by atoms with Crippen molar-refractivity contribution in [1.29, 1.82) is 0 Å². The molecule has 1 aliphatic rings. The lowest BCUT2D eigenvalue weighted by Crippen LogP contribution is -2.12. The molecular formula is C24H18INO6S. The molecule has 33 heavy (non-hydrogen) atoms. The van der Waals surface area contributed by atoms with Gasteiger partial charge in [-0.3, -0.25) is 0 Å². The summed E-state index contributed by atoms with van der Waals surface area (Å²) < 4.78 is 37.1. The first-order valence-corrected chi connectivity index (χ1v) is 12.4. The van der Waals surface area contributed by atoms with Crippen LogP contribution in [0.5, 0.6) is 11.5 Å². The maximum atomic E-state index is 12.7. The van der Waals surface area contributed by atoms with Gasteiger partial charge in [-0.2, -0.15) is 8.42 Å². The fraction of sp³-hybridized carbons (Fsp3) is 0.0833. The van der Waals surface area contributed by atoms with Crippen LogP contribution in [0.15, 0.2) is 88.4 Å². The van der Waals surface area contributed by atoms with Crippen LogP contribution in [0.25, 0.3) is 6.08 Å². The number of carbonyl (C=O) groups excluding carboxylic acids is 1. The summed E-state index contributed by atoms with van der Waals surface area (Å²) in [5.74, 6) is -0.261. The Bertz CT molecular complexity index is 1350. The number of halogens is 1. The largest absolute Gasteiger partial charge is 0.490 e. The van der Waals surface area contributed by atoms with Crippen LogP contribution in [0.1, 0.15) is 18.1 Å². The fourth-order valence-corrected chi connectivity index (χ4v) is 5.00. The van der Waals surface area contributed by atoms with Crippen LogP contribution in [0.4, 0.5) is 0 Å². The molecular weight excluding hydrogens is 557 g/mol. The molecule has 3 aromatic rings. The highest BCUT2D eigenvalue weighted by Crippen LogP contribution is 2.37. The molecule has 7 nitrogen and oxygen atoms in total. The van der Waals surface area contributed by atoms with Crippen LogP contribution in [0.2, 0.25) is 0 Å². The minimum Gasteiger partial charge on any atom is -0.490 e. The molecule has 0 aromatic heterocycles. The van der Waals surface area contributed by atoms with Gasteiger partial charge in [0.1, 0.15) is 10.6 Å². The van der Waals surface area contributed by atoms with Crippen molar-refractivity contribution in [2.24, 2.45) is 5.16 Å². The van der Waals surface area contributed by atoms with E-state index in [2.05, 4.69) is 5.16 Å². The summed E-state index contributed by atoms with van der Waals surface area (Å²) in [7, 11) is -4.06. The standard InChI is InChI=1S/C24H18INO6S/c1-2-30-21-15-16(13-19-22(26-31-24(19)27)17-9-5-3-6-10-17)14-20(25)23(21)32-33(28,29)18-11-7-4-8-12-18/h3-15H,2H2,1H3/b19-13-. The van der Waals surface area contributed by atoms with Crippen molar-refractivity contribution in [2.75, 3.05) is 6.61 Å². The maximum absolute atomic E-state index is 12.7. The van der Waals surface area contributed by atoms with Gasteiger partial charge >= 0.3 is 16.1 Å². The Hall–Kier alpha value is -3.18. The molecule has 4 rings (SSSR count). The van der Waals surface area contributed by atoms with Crippen molar-refractivity contribution in [2.45, 2.75) is 11.8 Å². The summed E-state index contributed by atoms with van der Waals surface area (Å²) in [6.45, 7) is 2.07. The lowest BCUT2D eigenvalue weighted by Gasteiger charge is -2.14. The first-order chi connectivity index (χ1) is 15.9. The van der Waals surface area contributed by atoms with Gasteiger partial charge in [0.25, 0.3) is 0 Å². The molecule has 0 fully saturated rings. The third-order valence-corrected chi connectivity index (χ3v) is 6.65. The second-order valence-corrected chi connectivity index (χ2v) is 9.56. The van der Waals surface area contributed by atoms with Gasteiger partial charge in [0.15, 0.2) is 11.5 Å². The minimum atomic E-state index is -4.06. The van der Waals surface area contributed by atoms with Crippen LogP contribution >= 0.6 is 22.6 Å². The normalized spacial score (nSPS) is 14.7. The van der Waals surface area contributed by atoms with Crippen LogP contribution in [0.3, 0.4) is 0 Å². The number of rotatable bonds is 7. The van der Waals surface area contributed by atoms with Crippen LogP contribution in [-0.2, 0) is 19.8 Å². The second-order valence-electron chi connectivity index (χ2n) is 6.86. The van der Waals surface area contributed by atoms with Gasteiger partial charge < -0.3 is 13.8 Å². The van der Waals surface area contributed by atoms with Crippen LogP contribution in [0, 0.1) is 3.57 Å². The average molecular weight is 575 g/mol. The SMILES string of the molecule is CCOc1cc(/C=C2\C(=O)ON=C2c2ccccc2)cc(I)c1OS(=O)(=O)c1ccccc1. The molecule has 0 atom stereocenters. The van der Waals surface area contributed by atoms with Gasteiger partial charge in [-0.05, 0) is 65.4 Å². The monoisotopic (exact) mass is 575 g/mol. The Morgan fingerprint density at radius 3 is 2.36 bits per heavy atom. The Balaban J connectivity index is 1.73. The predicted octanol–water partition coefficient (Wildman–Crippen LogP) is 4.80. The Morgan fingerprint density at radius 2 is 1.70 bits per heavy atom. The van der Waals surface area contributed by atoms with Gasteiger partial charge in [0.05, 0.1) is 15.8 Å². The van der Waals surface area contributed by atoms with E-state index in [9.17, 15) is 13.2 Å². The number of hydrogen-bond donors (Lipinski definition) is 0. The van der Waals surface area contributed by atoms with Gasteiger partial charge in [0, 0.05) is 5.56 Å². The van der Waals surface area contributed by atoms with Gasteiger partial charge in [-0.25, -0.2) is 4.79 Å². The van der Waals surface area contributed by atoms with E-state index in [1.54, 1.807) is 43.3 Å². The molecule has 0 spiro atoms. The van der Waals surface area contributed by atoms with E-state index < -0.39 is 16.1 Å². The molecule has 9 heteroatoms. The van der Waals surface area contributed by atoms with Crippen LogP contribution in [-0.4, -0.2) is 26.7 Å². The average Bonchev–Trinajstić information content (AvgIpc) is 3.17. The number of nitrogens with zero attached hydrogens (tertiary/aromatic N) is 1. The molecule has 0 saturated heterocycles. The number of ether oxygens (including phenoxy) is 1.